The minimum absolute atomic E-state index is 0.00647. The van der Waals surface area contributed by atoms with Crippen molar-refractivity contribution in [1.29, 1.82) is 0 Å². The van der Waals surface area contributed by atoms with E-state index in [0.717, 1.165) is 12.1 Å². The Bertz CT molecular complexity index is 536. The van der Waals surface area contributed by atoms with Crippen LogP contribution in [0.15, 0.2) is 18.2 Å². The summed E-state index contributed by atoms with van der Waals surface area (Å²) in [6, 6.07) is 2.41. The second-order valence-electron chi connectivity index (χ2n) is 3.81. The molecule has 1 aromatic carbocycles. The lowest BCUT2D eigenvalue weighted by Gasteiger charge is -2.09. The van der Waals surface area contributed by atoms with Gasteiger partial charge in [0.15, 0.2) is 0 Å². The molecule has 0 bridgehead atoms. The third-order valence-corrected chi connectivity index (χ3v) is 3.70. The van der Waals surface area contributed by atoms with E-state index >= 15 is 0 Å². The summed E-state index contributed by atoms with van der Waals surface area (Å²) in [6.45, 7) is 1.98. The standard InChI is InChI=1S/C12H15FN2O4S/c1-2-20(19)6-5-14-12(18)15-10-4-3-8(13)7-9(10)11(16)17/h3-4,7H,2,5-6H2,1H3,(H,16,17)(H2,14,15,18). The van der Waals surface area contributed by atoms with Gasteiger partial charge in [-0.05, 0) is 18.2 Å². The van der Waals surface area contributed by atoms with Crippen molar-refractivity contribution < 1.29 is 23.3 Å². The summed E-state index contributed by atoms with van der Waals surface area (Å²) in [4.78, 5) is 22.5. The van der Waals surface area contributed by atoms with Gasteiger partial charge in [0.05, 0.1) is 11.3 Å². The number of carbonyl (C=O) groups excluding carboxylic acids is 1. The van der Waals surface area contributed by atoms with Gasteiger partial charge >= 0.3 is 12.0 Å². The molecule has 20 heavy (non-hydrogen) atoms. The first-order valence-electron chi connectivity index (χ1n) is 5.86. The normalized spacial score (nSPS) is 11.7. The van der Waals surface area contributed by atoms with Crippen molar-refractivity contribution in [3.05, 3.63) is 29.6 Å². The second kappa shape index (κ2) is 7.59. The number of carbonyl (C=O) groups is 2. The van der Waals surface area contributed by atoms with Crippen molar-refractivity contribution in [3.8, 4) is 0 Å². The lowest BCUT2D eigenvalue weighted by Crippen LogP contribution is -2.32. The summed E-state index contributed by atoms with van der Waals surface area (Å²) >= 11 is 0. The molecule has 6 nitrogen and oxygen atoms in total. The van der Waals surface area contributed by atoms with Crippen LogP contribution in [-0.2, 0) is 10.8 Å². The zero-order valence-corrected chi connectivity index (χ0v) is 11.6. The summed E-state index contributed by atoms with van der Waals surface area (Å²) in [6.07, 6.45) is 0. The largest absolute Gasteiger partial charge is 0.478 e. The highest BCUT2D eigenvalue weighted by Gasteiger charge is 2.13. The molecule has 3 N–H and O–H groups in total. The van der Waals surface area contributed by atoms with Crippen LogP contribution in [0.1, 0.15) is 17.3 Å². The second-order valence-corrected chi connectivity index (χ2v) is 5.67. The van der Waals surface area contributed by atoms with Crippen LogP contribution in [0, 0.1) is 5.82 Å². The predicted octanol–water partition coefficient (Wildman–Crippen LogP) is 1.41. The van der Waals surface area contributed by atoms with Crippen LogP contribution in [0.25, 0.3) is 0 Å². The smallest absolute Gasteiger partial charge is 0.337 e. The third-order valence-electron chi connectivity index (χ3n) is 2.40. The monoisotopic (exact) mass is 302 g/mol. The summed E-state index contributed by atoms with van der Waals surface area (Å²) < 4.78 is 24.1. The first kappa shape index (κ1) is 16.1. The molecule has 0 saturated heterocycles. The summed E-state index contributed by atoms with van der Waals surface area (Å²) in [5.41, 5.74) is -0.342. The van der Waals surface area contributed by atoms with Crippen LogP contribution in [-0.4, -0.2) is 39.4 Å². The van der Waals surface area contributed by atoms with Crippen molar-refractivity contribution in [2.75, 3.05) is 23.4 Å². The minimum atomic E-state index is -1.34. The van der Waals surface area contributed by atoms with E-state index < -0.39 is 28.6 Å². The van der Waals surface area contributed by atoms with Gasteiger partial charge in [-0.2, -0.15) is 0 Å². The predicted molar refractivity (Wildman–Crippen MR) is 73.9 cm³/mol. The maximum Gasteiger partial charge on any atom is 0.337 e. The molecule has 0 aliphatic rings. The van der Waals surface area contributed by atoms with Crippen LogP contribution >= 0.6 is 0 Å². The zero-order chi connectivity index (χ0) is 15.1. The Kier molecular flexibility index (Phi) is 6.10. The maximum atomic E-state index is 12.9. The van der Waals surface area contributed by atoms with Crippen molar-refractivity contribution in [2.45, 2.75) is 6.92 Å². The number of anilines is 1. The Labute approximate surface area is 117 Å². The van der Waals surface area contributed by atoms with Crippen molar-refractivity contribution in [3.63, 3.8) is 0 Å². The molecule has 0 aliphatic heterocycles. The number of amides is 2. The number of hydrogen-bond donors (Lipinski definition) is 3. The third kappa shape index (κ3) is 4.96. The number of urea groups is 1. The van der Waals surface area contributed by atoms with Gasteiger partial charge in [0.1, 0.15) is 5.82 Å². The quantitative estimate of drug-likeness (QED) is 0.740. The molecular formula is C12H15FN2O4S. The average Bonchev–Trinajstić information content (AvgIpc) is 2.40. The highest BCUT2D eigenvalue weighted by Crippen LogP contribution is 2.16. The first-order chi connectivity index (χ1) is 9.43. The maximum absolute atomic E-state index is 12.9. The minimum Gasteiger partial charge on any atom is -0.478 e. The highest BCUT2D eigenvalue weighted by molar-refractivity contribution is 7.84. The first-order valence-corrected chi connectivity index (χ1v) is 7.35. The molecule has 8 heteroatoms. The van der Waals surface area contributed by atoms with Gasteiger partial charge < -0.3 is 15.7 Å². The number of benzene rings is 1. The Morgan fingerprint density at radius 3 is 2.70 bits per heavy atom. The molecule has 0 radical (unpaired) electrons. The van der Waals surface area contributed by atoms with E-state index in [-0.39, 0.29) is 17.8 Å². The van der Waals surface area contributed by atoms with Crippen LogP contribution in [0.4, 0.5) is 14.9 Å². The van der Waals surface area contributed by atoms with Gasteiger partial charge in [0.25, 0.3) is 0 Å². The van der Waals surface area contributed by atoms with Crippen molar-refractivity contribution in [2.24, 2.45) is 0 Å². The zero-order valence-electron chi connectivity index (χ0n) is 10.8. The van der Waals surface area contributed by atoms with Crippen LogP contribution < -0.4 is 10.6 Å². The van der Waals surface area contributed by atoms with Gasteiger partial charge in [0, 0.05) is 28.9 Å². The van der Waals surface area contributed by atoms with Gasteiger partial charge in [-0.3, -0.25) is 4.21 Å². The fraction of sp³-hybridized carbons (Fsp3) is 0.333. The molecule has 0 saturated carbocycles. The molecular weight excluding hydrogens is 287 g/mol. The van der Waals surface area contributed by atoms with E-state index in [4.69, 9.17) is 5.11 Å². The van der Waals surface area contributed by atoms with E-state index in [9.17, 15) is 18.2 Å². The number of rotatable bonds is 6. The van der Waals surface area contributed by atoms with Crippen molar-refractivity contribution >= 4 is 28.5 Å². The molecule has 2 amide bonds. The number of halogens is 1. The Hall–Kier alpha value is -1.96. The number of nitrogens with one attached hydrogen (secondary N) is 2. The van der Waals surface area contributed by atoms with Gasteiger partial charge in [-0.25, -0.2) is 14.0 Å². The molecule has 1 aromatic rings. The fourth-order valence-electron chi connectivity index (χ4n) is 1.39. The van der Waals surface area contributed by atoms with E-state index in [0.29, 0.717) is 11.5 Å². The van der Waals surface area contributed by atoms with Crippen LogP contribution in [0.2, 0.25) is 0 Å². The fourth-order valence-corrected chi connectivity index (χ4v) is 2.01. The van der Waals surface area contributed by atoms with Crippen LogP contribution in [0.3, 0.4) is 0 Å². The number of aromatic carboxylic acids is 1. The number of carboxylic acid groups (broad SMARTS) is 1. The van der Waals surface area contributed by atoms with Gasteiger partial charge in [0.2, 0.25) is 0 Å². The Morgan fingerprint density at radius 2 is 2.10 bits per heavy atom. The van der Waals surface area contributed by atoms with Gasteiger partial charge in [-0.1, -0.05) is 6.92 Å². The molecule has 1 rings (SSSR count). The topological polar surface area (TPSA) is 95.5 Å². The molecule has 110 valence electrons. The molecule has 1 atom stereocenters. The molecule has 0 heterocycles. The van der Waals surface area contributed by atoms with E-state index in [1.165, 1.54) is 6.07 Å². The Morgan fingerprint density at radius 1 is 1.40 bits per heavy atom. The molecule has 0 fully saturated rings. The van der Waals surface area contributed by atoms with Crippen molar-refractivity contribution in [1.82, 2.24) is 5.32 Å². The van der Waals surface area contributed by atoms with Gasteiger partial charge in [-0.15, -0.1) is 0 Å². The summed E-state index contributed by atoms with van der Waals surface area (Å²) in [5, 5.41) is 13.7. The van der Waals surface area contributed by atoms with Crippen LogP contribution in [0.5, 0.6) is 0 Å². The van der Waals surface area contributed by atoms with E-state index in [2.05, 4.69) is 10.6 Å². The SMILES string of the molecule is CCS(=O)CCNC(=O)Nc1ccc(F)cc1C(=O)O. The lowest BCUT2D eigenvalue weighted by molar-refractivity contribution is 0.0697. The number of carboxylic acids is 1. The molecule has 1 unspecified atom stereocenters. The van der Waals surface area contributed by atoms with E-state index in [1.54, 1.807) is 6.92 Å². The molecule has 0 aliphatic carbocycles. The average molecular weight is 302 g/mol. The summed E-state index contributed by atoms with van der Waals surface area (Å²) in [5.74, 6) is -1.22. The highest BCUT2D eigenvalue weighted by atomic mass is 32.2. The Balaban J connectivity index is 2.62. The van der Waals surface area contributed by atoms with E-state index in [1.807, 2.05) is 0 Å². The molecule has 0 aromatic heterocycles. The summed E-state index contributed by atoms with van der Waals surface area (Å²) in [7, 11) is -0.991. The lowest BCUT2D eigenvalue weighted by atomic mass is 10.2. The molecule has 0 spiro atoms. The number of hydrogen-bond acceptors (Lipinski definition) is 3.